The topological polar surface area (TPSA) is 87.7 Å². The third kappa shape index (κ3) is 8.09. The molecule has 0 saturated carbocycles. The lowest BCUT2D eigenvalue weighted by atomic mass is 10.1. The zero-order valence-electron chi connectivity index (χ0n) is 14.2. The van der Waals surface area contributed by atoms with Gasteiger partial charge in [-0.25, -0.2) is 4.79 Å². The van der Waals surface area contributed by atoms with Gasteiger partial charge in [0, 0.05) is 13.0 Å². The molecule has 128 valence electrons. The number of carbonyl (C=O) groups is 2. The lowest BCUT2D eigenvalue weighted by Gasteiger charge is -2.24. The maximum atomic E-state index is 11.9. The largest absolute Gasteiger partial charge is 0.508 e. The number of ether oxygens (including phenoxy) is 1. The minimum Gasteiger partial charge on any atom is -0.508 e. The van der Waals surface area contributed by atoms with E-state index in [1.54, 1.807) is 52.0 Å². The smallest absolute Gasteiger partial charge is 0.407 e. The van der Waals surface area contributed by atoms with E-state index in [-0.39, 0.29) is 17.7 Å². The molecule has 2 amide bonds. The number of hydrogen-bond acceptors (Lipinski definition) is 4. The molecule has 1 aromatic rings. The molecule has 6 heteroatoms. The van der Waals surface area contributed by atoms with E-state index in [1.807, 2.05) is 0 Å². The number of hydrogen-bond donors (Lipinski definition) is 3. The molecule has 0 aliphatic carbocycles. The first kappa shape index (κ1) is 18.8. The first-order chi connectivity index (χ1) is 10.7. The summed E-state index contributed by atoms with van der Waals surface area (Å²) in [7, 11) is 0. The van der Waals surface area contributed by atoms with Gasteiger partial charge in [-0.3, -0.25) is 4.79 Å². The number of phenols is 1. The molecule has 0 bridgehead atoms. The van der Waals surface area contributed by atoms with E-state index in [2.05, 4.69) is 10.6 Å². The van der Waals surface area contributed by atoms with Crippen LogP contribution < -0.4 is 10.6 Å². The summed E-state index contributed by atoms with van der Waals surface area (Å²) in [6.45, 7) is 7.46. The van der Waals surface area contributed by atoms with Gasteiger partial charge in [0.1, 0.15) is 11.4 Å². The summed E-state index contributed by atoms with van der Waals surface area (Å²) in [5.41, 5.74) is 0.356. The van der Waals surface area contributed by atoms with Crippen molar-refractivity contribution in [3.8, 4) is 5.75 Å². The van der Waals surface area contributed by atoms with Crippen LogP contribution in [-0.4, -0.2) is 35.3 Å². The number of phenolic OH excluding ortho intramolecular Hbond substituents is 1. The van der Waals surface area contributed by atoms with Crippen molar-refractivity contribution in [2.24, 2.45) is 0 Å². The summed E-state index contributed by atoms with van der Waals surface area (Å²) in [5.74, 6) is 0.108. The average molecular weight is 322 g/mol. The van der Waals surface area contributed by atoms with Crippen molar-refractivity contribution in [1.29, 1.82) is 0 Å². The second-order valence-corrected chi connectivity index (χ2v) is 6.37. The third-order valence-corrected chi connectivity index (χ3v) is 3.01. The van der Waals surface area contributed by atoms with Crippen molar-refractivity contribution in [2.75, 3.05) is 6.54 Å². The molecule has 0 fully saturated rings. The number of amides is 2. The number of alkyl carbamates (subject to hydrolysis) is 1. The fourth-order valence-corrected chi connectivity index (χ4v) is 1.93. The molecule has 0 spiro atoms. The van der Waals surface area contributed by atoms with Crippen molar-refractivity contribution < 1.29 is 19.4 Å². The number of carbonyl (C=O) groups excluding carboxylic acids is 2. The lowest BCUT2D eigenvalue weighted by Crippen LogP contribution is -2.46. The van der Waals surface area contributed by atoms with Crippen molar-refractivity contribution in [3.05, 3.63) is 29.8 Å². The Kier molecular flexibility index (Phi) is 6.88. The lowest BCUT2D eigenvalue weighted by molar-refractivity contribution is -0.120. The first-order valence-corrected chi connectivity index (χ1v) is 7.73. The fraction of sp³-hybridized carbons (Fsp3) is 0.529. The summed E-state index contributed by atoms with van der Waals surface area (Å²) in [5, 5.41) is 14.9. The highest BCUT2D eigenvalue weighted by Crippen LogP contribution is 2.12. The van der Waals surface area contributed by atoms with Gasteiger partial charge in [-0.2, -0.15) is 0 Å². The molecule has 23 heavy (non-hydrogen) atoms. The number of benzene rings is 1. The van der Waals surface area contributed by atoms with E-state index in [4.69, 9.17) is 4.74 Å². The van der Waals surface area contributed by atoms with Crippen molar-refractivity contribution in [1.82, 2.24) is 10.6 Å². The van der Waals surface area contributed by atoms with Crippen LogP contribution in [0, 0.1) is 0 Å². The van der Waals surface area contributed by atoms with Crippen LogP contribution in [0.5, 0.6) is 5.75 Å². The number of nitrogens with one attached hydrogen (secondary N) is 2. The van der Waals surface area contributed by atoms with E-state index in [1.165, 1.54) is 0 Å². The Labute approximate surface area is 137 Å². The summed E-state index contributed by atoms with van der Waals surface area (Å²) in [6.07, 6.45) is 0.383. The Hall–Kier alpha value is -2.24. The fourth-order valence-electron chi connectivity index (χ4n) is 1.93. The molecule has 1 atom stereocenters. The quantitative estimate of drug-likeness (QED) is 0.750. The molecular weight excluding hydrogens is 296 g/mol. The molecule has 0 aliphatic heterocycles. The van der Waals surface area contributed by atoms with Crippen molar-refractivity contribution >= 4 is 12.0 Å². The van der Waals surface area contributed by atoms with Crippen molar-refractivity contribution in [2.45, 2.75) is 52.2 Å². The highest BCUT2D eigenvalue weighted by Gasteiger charge is 2.20. The van der Waals surface area contributed by atoms with Crippen LogP contribution in [-0.2, 0) is 16.0 Å². The highest BCUT2D eigenvalue weighted by atomic mass is 16.6. The number of aromatic hydroxyl groups is 1. The maximum absolute atomic E-state index is 11.9. The van der Waals surface area contributed by atoms with Gasteiger partial charge in [-0.05, 0) is 44.9 Å². The van der Waals surface area contributed by atoms with Crippen LogP contribution in [0.15, 0.2) is 24.3 Å². The Morgan fingerprint density at radius 3 is 2.35 bits per heavy atom. The second kappa shape index (κ2) is 8.41. The Morgan fingerprint density at radius 1 is 1.22 bits per heavy atom. The van der Waals surface area contributed by atoms with E-state index in [0.29, 0.717) is 19.4 Å². The van der Waals surface area contributed by atoms with Crippen LogP contribution in [0.3, 0.4) is 0 Å². The third-order valence-electron chi connectivity index (χ3n) is 3.01. The van der Waals surface area contributed by atoms with Gasteiger partial charge in [0.2, 0.25) is 5.91 Å². The molecule has 0 heterocycles. The summed E-state index contributed by atoms with van der Waals surface area (Å²) >= 11 is 0. The van der Waals surface area contributed by atoms with Crippen LogP contribution in [0.1, 0.15) is 39.7 Å². The van der Waals surface area contributed by atoms with Crippen LogP contribution in [0.4, 0.5) is 4.79 Å². The zero-order chi connectivity index (χ0) is 17.5. The first-order valence-electron chi connectivity index (χ1n) is 7.73. The summed E-state index contributed by atoms with van der Waals surface area (Å²) < 4.78 is 5.26. The monoisotopic (exact) mass is 322 g/mol. The van der Waals surface area contributed by atoms with Gasteiger partial charge in [0.15, 0.2) is 0 Å². The molecule has 6 nitrogen and oxygen atoms in total. The second-order valence-electron chi connectivity index (χ2n) is 6.37. The van der Waals surface area contributed by atoms with Gasteiger partial charge in [-0.1, -0.05) is 19.1 Å². The number of rotatable bonds is 6. The Morgan fingerprint density at radius 2 is 1.83 bits per heavy atom. The van der Waals surface area contributed by atoms with Gasteiger partial charge >= 0.3 is 6.09 Å². The predicted molar refractivity (Wildman–Crippen MR) is 88.3 cm³/mol. The SMILES string of the molecule is CCC(=O)NCC(Cc1ccc(O)cc1)NC(=O)OC(C)(C)C. The van der Waals surface area contributed by atoms with E-state index in [0.717, 1.165) is 5.56 Å². The minimum atomic E-state index is -0.583. The maximum Gasteiger partial charge on any atom is 0.407 e. The summed E-state index contributed by atoms with van der Waals surface area (Å²) in [6, 6.07) is 6.43. The van der Waals surface area contributed by atoms with E-state index >= 15 is 0 Å². The van der Waals surface area contributed by atoms with Crippen LogP contribution in [0.2, 0.25) is 0 Å². The van der Waals surface area contributed by atoms with E-state index < -0.39 is 11.7 Å². The van der Waals surface area contributed by atoms with Gasteiger partial charge in [0.25, 0.3) is 0 Å². The van der Waals surface area contributed by atoms with E-state index in [9.17, 15) is 14.7 Å². The summed E-state index contributed by atoms with van der Waals surface area (Å²) in [4.78, 5) is 23.4. The van der Waals surface area contributed by atoms with Gasteiger partial charge in [0.05, 0.1) is 6.04 Å². The highest BCUT2D eigenvalue weighted by molar-refractivity contribution is 5.75. The standard InChI is InChI=1S/C17H26N2O4/c1-5-15(21)18-11-13(19-16(22)23-17(2,3)4)10-12-6-8-14(20)9-7-12/h6-9,13,20H,5,10-11H2,1-4H3,(H,18,21)(H,19,22). The van der Waals surface area contributed by atoms with Crippen LogP contribution in [0.25, 0.3) is 0 Å². The molecule has 0 aromatic heterocycles. The zero-order valence-corrected chi connectivity index (χ0v) is 14.2. The van der Waals surface area contributed by atoms with Gasteiger partial charge in [-0.15, -0.1) is 0 Å². The normalized spacial score (nSPS) is 12.3. The minimum absolute atomic E-state index is 0.0771. The average Bonchev–Trinajstić information content (AvgIpc) is 2.44. The van der Waals surface area contributed by atoms with Crippen molar-refractivity contribution in [3.63, 3.8) is 0 Å². The molecular formula is C17H26N2O4. The van der Waals surface area contributed by atoms with Crippen LogP contribution >= 0.6 is 0 Å². The molecule has 1 unspecified atom stereocenters. The Bertz CT molecular complexity index is 520. The molecule has 1 rings (SSSR count). The molecule has 0 saturated heterocycles. The molecule has 1 aromatic carbocycles. The van der Waals surface area contributed by atoms with Gasteiger partial charge < -0.3 is 20.5 Å². The Balaban J connectivity index is 2.69. The molecule has 0 aliphatic rings. The molecule has 3 N–H and O–H groups in total. The predicted octanol–water partition coefficient (Wildman–Crippen LogP) is 2.35. The molecule has 0 radical (unpaired) electrons.